The molecule has 114 valence electrons. The lowest BCUT2D eigenvalue weighted by Gasteiger charge is -2.15. The summed E-state index contributed by atoms with van der Waals surface area (Å²) in [5.74, 6) is 3.79. The third kappa shape index (κ3) is 3.65. The van der Waals surface area contributed by atoms with Gasteiger partial charge in [0.15, 0.2) is 11.6 Å². The van der Waals surface area contributed by atoms with E-state index in [0.717, 1.165) is 24.2 Å². The zero-order valence-corrected chi connectivity index (χ0v) is 12.2. The molecule has 0 aliphatic rings. The SMILES string of the molecule is CCC(C)n1ccc(CC(NN)c2ccc(F)c(F)c2)n1. The van der Waals surface area contributed by atoms with Gasteiger partial charge < -0.3 is 0 Å². The molecule has 0 bridgehead atoms. The van der Waals surface area contributed by atoms with E-state index in [4.69, 9.17) is 5.84 Å². The molecule has 21 heavy (non-hydrogen) atoms. The molecular formula is C15H20F2N4. The van der Waals surface area contributed by atoms with Gasteiger partial charge in [-0.3, -0.25) is 16.0 Å². The van der Waals surface area contributed by atoms with E-state index >= 15 is 0 Å². The Balaban J connectivity index is 2.15. The normalized spacial score (nSPS) is 14.1. The Hall–Kier alpha value is -1.79. The summed E-state index contributed by atoms with van der Waals surface area (Å²) in [5, 5.41) is 4.49. The highest BCUT2D eigenvalue weighted by Crippen LogP contribution is 2.20. The summed E-state index contributed by atoms with van der Waals surface area (Å²) in [6, 6.07) is 5.70. The van der Waals surface area contributed by atoms with E-state index in [1.165, 1.54) is 6.07 Å². The van der Waals surface area contributed by atoms with Crippen molar-refractivity contribution in [3.05, 3.63) is 53.4 Å². The molecule has 1 aromatic carbocycles. The van der Waals surface area contributed by atoms with Gasteiger partial charge in [0.05, 0.1) is 11.7 Å². The fraction of sp³-hybridized carbons (Fsp3) is 0.400. The number of rotatable bonds is 6. The second-order valence-electron chi connectivity index (χ2n) is 5.14. The van der Waals surface area contributed by atoms with Gasteiger partial charge in [-0.2, -0.15) is 5.10 Å². The summed E-state index contributed by atoms with van der Waals surface area (Å²) in [6.07, 6.45) is 3.41. The van der Waals surface area contributed by atoms with E-state index in [-0.39, 0.29) is 6.04 Å². The van der Waals surface area contributed by atoms with Crippen LogP contribution >= 0.6 is 0 Å². The average molecular weight is 294 g/mol. The summed E-state index contributed by atoms with van der Waals surface area (Å²) < 4.78 is 28.2. The first kappa shape index (κ1) is 15.6. The molecule has 1 aromatic heterocycles. The Morgan fingerprint density at radius 3 is 2.67 bits per heavy atom. The highest BCUT2D eigenvalue weighted by Gasteiger charge is 2.15. The van der Waals surface area contributed by atoms with Crippen LogP contribution in [0.3, 0.4) is 0 Å². The average Bonchev–Trinajstić information content (AvgIpc) is 2.95. The maximum Gasteiger partial charge on any atom is 0.159 e. The van der Waals surface area contributed by atoms with Gasteiger partial charge in [0.1, 0.15) is 0 Å². The van der Waals surface area contributed by atoms with Crippen LogP contribution in [0.5, 0.6) is 0 Å². The van der Waals surface area contributed by atoms with Gasteiger partial charge in [0.2, 0.25) is 0 Å². The van der Waals surface area contributed by atoms with Crippen molar-refractivity contribution in [1.29, 1.82) is 0 Å². The minimum atomic E-state index is -0.877. The van der Waals surface area contributed by atoms with Crippen molar-refractivity contribution in [1.82, 2.24) is 15.2 Å². The summed E-state index contributed by atoms with van der Waals surface area (Å²) >= 11 is 0. The van der Waals surface area contributed by atoms with Crippen molar-refractivity contribution in [3.63, 3.8) is 0 Å². The number of hydrogen-bond acceptors (Lipinski definition) is 3. The molecule has 0 aliphatic heterocycles. The molecule has 0 fully saturated rings. The maximum atomic E-state index is 13.3. The molecule has 0 amide bonds. The monoisotopic (exact) mass is 294 g/mol. The van der Waals surface area contributed by atoms with Crippen LogP contribution in [0.15, 0.2) is 30.5 Å². The lowest BCUT2D eigenvalue weighted by molar-refractivity contribution is 0.465. The van der Waals surface area contributed by atoms with Crippen LogP contribution in [0.4, 0.5) is 8.78 Å². The van der Waals surface area contributed by atoms with Crippen LogP contribution in [-0.4, -0.2) is 9.78 Å². The topological polar surface area (TPSA) is 55.9 Å². The molecule has 0 radical (unpaired) electrons. The number of hydrogen-bond donors (Lipinski definition) is 2. The van der Waals surface area contributed by atoms with E-state index in [1.54, 1.807) is 0 Å². The van der Waals surface area contributed by atoms with E-state index < -0.39 is 11.6 Å². The van der Waals surface area contributed by atoms with Gasteiger partial charge >= 0.3 is 0 Å². The molecule has 0 spiro atoms. The van der Waals surface area contributed by atoms with Crippen molar-refractivity contribution >= 4 is 0 Å². The highest BCUT2D eigenvalue weighted by molar-refractivity contribution is 5.22. The van der Waals surface area contributed by atoms with Gasteiger partial charge in [-0.05, 0) is 37.1 Å². The molecule has 0 aliphatic carbocycles. The second-order valence-corrected chi connectivity index (χ2v) is 5.14. The molecule has 3 N–H and O–H groups in total. The van der Waals surface area contributed by atoms with E-state index in [0.29, 0.717) is 18.0 Å². The van der Waals surface area contributed by atoms with Gasteiger partial charge in [-0.1, -0.05) is 13.0 Å². The molecule has 6 heteroatoms. The molecule has 2 atom stereocenters. The molecule has 0 saturated carbocycles. The zero-order chi connectivity index (χ0) is 15.4. The van der Waals surface area contributed by atoms with Gasteiger partial charge in [-0.25, -0.2) is 8.78 Å². The Morgan fingerprint density at radius 2 is 2.05 bits per heavy atom. The summed E-state index contributed by atoms with van der Waals surface area (Å²) in [4.78, 5) is 0. The number of nitrogens with zero attached hydrogens (tertiary/aromatic N) is 2. The minimum Gasteiger partial charge on any atom is -0.271 e. The largest absolute Gasteiger partial charge is 0.271 e. The Bertz CT molecular complexity index is 597. The van der Waals surface area contributed by atoms with Crippen molar-refractivity contribution in [3.8, 4) is 0 Å². The molecule has 1 heterocycles. The van der Waals surface area contributed by atoms with Crippen LogP contribution in [0.25, 0.3) is 0 Å². The molecule has 4 nitrogen and oxygen atoms in total. The lowest BCUT2D eigenvalue weighted by Crippen LogP contribution is -2.29. The highest BCUT2D eigenvalue weighted by atomic mass is 19.2. The molecule has 2 rings (SSSR count). The van der Waals surface area contributed by atoms with E-state index in [9.17, 15) is 8.78 Å². The first-order valence-corrected chi connectivity index (χ1v) is 7.00. The number of nitrogens with two attached hydrogens (primary N) is 1. The van der Waals surface area contributed by atoms with Gasteiger partial charge in [0, 0.05) is 18.7 Å². The quantitative estimate of drug-likeness (QED) is 0.636. The van der Waals surface area contributed by atoms with Crippen LogP contribution in [0.2, 0.25) is 0 Å². The number of halogens is 2. The summed E-state index contributed by atoms with van der Waals surface area (Å²) in [6.45, 7) is 4.18. The molecule has 0 saturated heterocycles. The molecule has 2 aromatic rings. The van der Waals surface area contributed by atoms with Gasteiger partial charge in [-0.15, -0.1) is 0 Å². The Kier molecular flexibility index (Phi) is 5.03. The Morgan fingerprint density at radius 1 is 1.29 bits per heavy atom. The third-order valence-corrected chi connectivity index (χ3v) is 3.67. The van der Waals surface area contributed by atoms with Crippen molar-refractivity contribution < 1.29 is 8.78 Å². The second kappa shape index (κ2) is 6.78. The molecular weight excluding hydrogens is 274 g/mol. The summed E-state index contributed by atoms with van der Waals surface area (Å²) in [7, 11) is 0. The third-order valence-electron chi connectivity index (χ3n) is 3.67. The predicted octanol–water partition coefficient (Wildman–Crippen LogP) is 2.88. The van der Waals surface area contributed by atoms with E-state index in [2.05, 4.69) is 24.4 Å². The Labute approximate surface area is 122 Å². The van der Waals surface area contributed by atoms with E-state index in [1.807, 2.05) is 16.9 Å². The maximum absolute atomic E-state index is 13.3. The number of nitrogens with one attached hydrogen (secondary N) is 1. The van der Waals surface area contributed by atoms with Crippen molar-refractivity contribution in [2.24, 2.45) is 5.84 Å². The number of benzene rings is 1. The fourth-order valence-corrected chi connectivity index (χ4v) is 2.13. The van der Waals surface area contributed by atoms with Crippen LogP contribution < -0.4 is 11.3 Å². The van der Waals surface area contributed by atoms with Crippen LogP contribution in [0.1, 0.15) is 43.6 Å². The van der Waals surface area contributed by atoms with Crippen LogP contribution in [0, 0.1) is 11.6 Å². The van der Waals surface area contributed by atoms with Gasteiger partial charge in [0.25, 0.3) is 0 Å². The predicted molar refractivity (Wildman–Crippen MR) is 77.4 cm³/mol. The lowest BCUT2D eigenvalue weighted by atomic mass is 10.0. The number of aromatic nitrogens is 2. The van der Waals surface area contributed by atoms with Crippen LogP contribution in [-0.2, 0) is 6.42 Å². The minimum absolute atomic E-state index is 0.319. The number of hydrazine groups is 1. The summed E-state index contributed by atoms with van der Waals surface area (Å²) in [5.41, 5.74) is 4.07. The first-order valence-electron chi connectivity index (χ1n) is 7.00. The standard InChI is InChI=1S/C15H20F2N4/c1-3-10(2)21-7-6-12(20-21)9-15(19-18)11-4-5-13(16)14(17)8-11/h4-8,10,15,19H,3,9,18H2,1-2H3. The smallest absolute Gasteiger partial charge is 0.159 e. The molecule has 2 unspecified atom stereocenters. The zero-order valence-electron chi connectivity index (χ0n) is 12.2. The van der Waals surface area contributed by atoms with Crippen molar-refractivity contribution in [2.75, 3.05) is 0 Å². The fourth-order valence-electron chi connectivity index (χ4n) is 2.13. The first-order chi connectivity index (χ1) is 10.0. The van der Waals surface area contributed by atoms with Crippen molar-refractivity contribution in [2.45, 2.75) is 38.8 Å².